The number of rotatable bonds is 6. The second-order valence-electron chi connectivity index (χ2n) is 8.96. The zero-order chi connectivity index (χ0) is 21.2. The summed E-state index contributed by atoms with van der Waals surface area (Å²) in [6.45, 7) is 6.31. The van der Waals surface area contributed by atoms with E-state index in [9.17, 15) is 9.59 Å². The zero-order valence-corrected chi connectivity index (χ0v) is 19.0. The van der Waals surface area contributed by atoms with Crippen molar-refractivity contribution in [3.8, 4) is 0 Å². The summed E-state index contributed by atoms with van der Waals surface area (Å²) >= 11 is 5.87. The molecule has 1 aliphatic heterocycles. The molecule has 0 spiro atoms. The maximum Gasteiger partial charge on any atom is 0.220 e. The number of benzene rings is 1. The van der Waals surface area contributed by atoms with Gasteiger partial charge in [-0.15, -0.1) is 0 Å². The minimum absolute atomic E-state index is 0.0349. The van der Waals surface area contributed by atoms with Gasteiger partial charge in [-0.2, -0.15) is 0 Å². The molecule has 5 heteroatoms. The van der Waals surface area contributed by atoms with Gasteiger partial charge in [0.2, 0.25) is 5.91 Å². The van der Waals surface area contributed by atoms with Gasteiger partial charge in [0.05, 0.1) is 6.04 Å². The molecule has 1 N–H and O–H groups in total. The highest BCUT2D eigenvalue weighted by molar-refractivity contribution is 6.30. The number of nitrogens with one attached hydrogen (secondary N) is 1. The summed E-state index contributed by atoms with van der Waals surface area (Å²) in [5.41, 5.74) is 1.45. The number of aldehydes is 1. The molecule has 0 radical (unpaired) electrons. The Labute approximate surface area is 181 Å². The van der Waals surface area contributed by atoms with Crippen LogP contribution in [0.4, 0.5) is 0 Å². The highest BCUT2D eigenvalue weighted by Crippen LogP contribution is 2.28. The van der Waals surface area contributed by atoms with Crippen LogP contribution in [0.15, 0.2) is 24.3 Å². The van der Waals surface area contributed by atoms with E-state index in [4.69, 9.17) is 11.6 Å². The average Bonchev–Trinajstić information content (AvgIpc) is 3.20. The molecule has 1 saturated heterocycles. The number of piperidine rings is 1. The Morgan fingerprint density at radius 2 is 1.72 bits per heavy atom. The number of halogens is 1. The van der Waals surface area contributed by atoms with Gasteiger partial charge in [-0.3, -0.25) is 4.79 Å². The fourth-order valence-corrected chi connectivity index (χ4v) is 4.28. The third-order valence-electron chi connectivity index (χ3n) is 6.20. The van der Waals surface area contributed by atoms with E-state index in [1.54, 1.807) is 0 Å². The fourth-order valence-electron chi connectivity index (χ4n) is 4.16. The molecule has 1 aliphatic carbocycles. The summed E-state index contributed by atoms with van der Waals surface area (Å²) in [7, 11) is 2.19. The molecule has 2 aliphatic rings. The van der Waals surface area contributed by atoms with E-state index in [0.29, 0.717) is 12.3 Å². The molecule has 2 fully saturated rings. The van der Waals surface area contributed by atoms with E-state index in [-0.39, 0.29) is 17.9 Å². The highest BCUT2D eigenvalue weighted by Gasteiger charge is 2.21. The average molecular weight is 421 g/mol. The standard InChI is InChI=1S/C12H16ClN.C12H21NO2/c1-14-8-6-11(7-9-14)10-2-4-12(13)5-3-10;1-9(2)11(8-14)13-12(15)7-10-5-3-4-6-10/h2-5,11H,6-9H2,1H3;8-11H,3-7H2,1-2H3,(H,13,15). The number of nitrogens with zero attached hydrogens (tertiary/aromatic N) is 1. The molecule has 1 aromatic rings. The molecular formula is C24H37ClN2O2. The Morgan fingerprint density at radius 1 is 1.14 bits per heavy atom. The number of amides is 1. The largest absolute Gasteiger partial charge is 0.346 e. The third-order valence-corrected chi connectivity index (χ3v) is 6.45. The normalized spacial score (nSPS) is 19.5. The first-order valence-electron chi connectivity index (χ1n) is 11.1. The molecule has 1 heterocycles. The Kier molecular flexibility index (Phi) is 10.2. The lowest BCUT2D eigenvalue weighted by Gasteiger charge is -2.29. The summed E-state index contributed by atoms with van der Waals surface area (Å²) in [5.74, 6) is 1.50. The number of likely N-dealkylation sites (tertiary alicyclic amines) is 1. The first-order chi connectivity index (χ1) is 13.9. The van der Waals surface area contributed by atoms with Crippen LogP contribution in [-0.4, -0.2) is 43.3 Å². The van der Waals surface area contributed by atoms with Crippen LogP contribution in [0.25, 0.3) is 0 Å². The van der Waals surface area contributed by atoms with Crippen molar-refractivity contribution in [1.82, 2.24) is 10.2 Å². The van der Waals surface area contributed by atoms with Crippen molar-refractivity contribution >= 4 is 23.8 Å². The van der Waals surface area contributed by atoms with Gasteiger partial charge in [0.25, 0.3) is 0 Å². The van der Waals surface area contributed by atoms with Crippen LogP contribution in [0.1, 0.15) is 70.3 Å². The SMILES string of the molecule is CC(C)C(C=O)NC(=O)CC1CCCC1.CN1CCC(c2ccc(Cl)cc2)CC1. The second-order valence-corrected chi connectivity index (χ2v) is 9.39. The Balaban J connectivity index is 0.000000207. The molecule has 1 unspecified atom stereocenters. The molecule has 0 aromatic heterocycles. The van der Waals surface area contributed by atoms with Gasteiger partial charge in [-0.25, -0.2) is 0 Å². The third kappa shape index (κ3) is 8.47. The van der Waals surface area contributed by atoms with Gasteiger partial charge >= 0.3 is 0 Å². The quantitative estimate of drug-likeness (QED) is 0.654. The first-order valence-corrected chi connectivity index (χ1v) is 11.5. The molecule has 29 heavy (non-hydrogen) atoms. The van der Waals surface area contributed by atoms with Crippen LogP contribution < -0.4 is 5.32 Å². The zero-order valence-electron chi connectivity index (χ0n) is 18.2. The Hall–Kier alpha value is -1.39. The van der Waals surface area contributed by atoms with Gasteiger partial charge in [0.1, 0.15) is 6.29 Å². The van der Waals surface area contributed by atoms with Gasteiger partial charge in [0, 0.05) is 11.4 Å². The molecule has 1 aromatic carbocycles. The summed E-state index contributed by atoms with van der Waals surface area (Å²) in [4.78, 5) is 24.7. The molecule has 1 saturated carbocycles. The van der Waals surface area contributed by atoms with Crippen LogP contribution in [0.2, 0.25) is 5.02 Å². The number of hydrogen-bond acceptors (Lipinski definition) is 3. The summed E-state index contributed by atoms with van der Waals surface area (Å²) in [6.07, 6.45) is 8.81. The van der Waals surface area contributed by atoms with Crippen LogP contribution >= 0.6 is 11.6 Å². The monoisotopic (exact) mass is 420 g/mol. The minimum atomic E-state index is -0.320. The summed E-state index contributed by atoms with van der Waals surface area (Å²) in [5, 5.41) is 3.62. The lowest BCUT2D eigenvalue weighted by Crippen LogP contribution is -2.40. The van der Waals surface area contributed by atoms with Crippen LogP contribution in [0.5, 0.6) is 0 Å². The molecule has 4 nitrogen and oxygen atoms in total. The topological polar surface area (TPSA) is 49.4 Å². The predicted octanol–water partition coefficient (Wildman–Crippen LogP) is 5.06. The summed E-state index contributed by atoms with van der Waals surface area (Å²) in [6, 6.07) is 8.00. The first kappa shape index (κ1) is 23.9. The van der Waals surface area contributed by atoms with E-state index >= 15 is 0 Å². The summed E-state index contributed by atoms with van der Waals surface area (Å²) < 4.78 is 0. The minimum Gasteiger partial charge on any atom is -0.346 e. The highest BCUT2D eigenvalue weighted by atomic mass is 35.5. The van der Waals surface area contributed by atoms with E-state index < -0.39 is 0 Å². The van der Waals surface area contributed by atoms with Gasteiger partial charge in [-0.05, 0) is 81.3 Å². The van der Waals surface area contributed by atoms with Crippen LogP contribution in [0.3, 0.4) is 0 Å². The molecule has 1 amide bonds. The molecule has 1 atom stereocenters. The number of hydrogen-bond donors (Lipinski definition) is 1. The fraction of sp³-hybridized carbons (Fsp3) is 0.667. The van der Waals surface area contributed by atoms with Crippen LogP contribution in [0, 0.1) is 11.8 Å². The number of carbonyl (C=O) groups excluding carboxylic acids is 2. The molecule has 0 bridgehead atoms. The lowest BCUT2D eigenvalue weighted by molar-refractivity contribution is -0.125. The molecular weight excluding hydrogens is 384 g/mol. The maximum atomic E-state index is 11.6. The number of carbonyl (C=O) groups is 2. The van der Waals surface area contributed by atoms with E-state index in [0.717, 1.165) is 17.2 Å². The van der Waals surface area contributed by atoms with Gasteiger partial charge < -0.3 is 15.0 Å². The van der Waals surface area contributed by atoms with Crippen molar-refractivity contribution in [2.24, 2.45) is 11.8 Å². The maximum absolute atomic E-state index is 11.6. The van der Waals surface area contributed by atoms with Crippen molar-refractivity contribution in [1.29, 1.82) is 0 Å². The van der Waals surface area contributed by atoms with Crippen molar-refractivity contribution in [3.63, 3.8) is 0 Å². The van der Waals surface area contributed by atoms with E-state index in [2.05, 4.69) is 29.4 Å². The Morgan fingerprint density at radius 3 is 2.24 bits per heavy atom. The van der Waals surface area contributed by atoms with Gasteiger partial charge in [0.15, 0.2) is 0 Å². The van der Waals surface area contributed by atoms with E-state index in [1.807, 2.05) is 26.0 Å². The van der Waals surface area contributed by atoms with Gasteiger partial charge in [-0.1, -0.05) is 50.4 Å². The molecule has 162 valence electrons. The Bertz CT molecular complexity index is 618. The predicted molar refractivity (Wildman–Crippen MR) is 120 cm³/mol. The second kappa shape index (κ2) is 12.3. The van der Waals surface area contributed by atoms with Crippen molar-refractivity contribution in [2.75, 3.05) is 20.1 Å². The lowest BCUT2D eigenvalue weighted by atomic mass is 9.90. The molecule has 3 rings (SSSR count). The van der Waals surface area contributed by atoms with E-state index in [1.165, 1.54) is 57.2 Å². The van der Waals surface area contributed by atoms with Crippen molar-refractivity contribution in [3.05, 3.63) is 34.9 Å². The smallest absolute Gasteiger partial charge is 0.220 e. The van der Waals surface area contributed by atoms with Crippen molar-refractivity contribution in [2.45, 2.75) is 70.8 Å². The van der Waals surface area contributed by atoms with Crippen molar-refractivity contribution < 1.29 is 9.59 Å². The van der Waals surface area contributed by atoms with Crippen LogP contribution in [-0.2, 0) is 9.59 Å².